The van der Waals surface area contributed by atoms with Crippen LogP contribution in [0.1, 0.15) is 11.1 Å². The smallest absolute Gasteiger partial charge is 0.235 e. The predicted octanol–water partition coefficient (Wildman–Crippen LogP) is 2.92. The predicted molar refractivity (Wildman–Crippen MR) is 114 cm³/mol. The Morgan fingerprint density at radius 3 is 2.28 bits per heavy atom. The molecule has 1 saturated heterocycles. The average molecular weight is 419 g/mol. The SMILES string of the molecule is Cc1cc(C)cc(OCC[S@@](=O)CC(=O)N2CCN(c3ccc(F)cc3)CC2)c1. The van der Waals surface area contributed by atoms with E-state index in [-0.39, 0.29) is 17.5 Å². The number of nitrogens with zero attached hydrogens (tertiary/aromatic N) is 2. The van der Waals surface area contributed by atoms with Crippen molar-refractivity contribution in [3.05, 3.63) is 59.4 Å². The summed E-state index contributed by atoms with van der Waals surface area (Å²) in [5.41, 5.74) is 3.19. The van der Waals surface area contributed by atoms with Crippen molar-refractivity contribution in [3.63, 3.8) is 0 Å². The van der Waals surface area contributed by atoms with Crippen LogP contribution in [0, 0.1) is 19.7 Å². The van der Waals surface area contributed by atoms with Gasteiger partial charge >= 0.3 is 0 Å². The maximum atomic E-state index is 13.1. The van der Waals surface area contributed by atoms with Gasteiger partial charge in [0.25, 0.3) is 0 Å². The summed E-state index contributed by atoms with van der Waals surface area (Å²) in [6.07, 6.45) is 0. The van der Waals surface area contributed by atoms with E-state index in [0.717, 1.165) is 22.6 Å². The molecule has 2 aromatic carbocycles. The average Bonchev–Trinajstić information content (AvgIpc) is 2.68. The first-order chi connectivity index (χ1) is 13.9. The first-order valence-electron chi connectivity index (χ1n) is 9.75. The molecule has 1 heterocycles. The molecule has 0 N–H and O–H groups in total. The molecule has 0 aliphatic carbocycles. The molecule has 0 aromatic heterocycles. The van der Waals surface area contributed by atoms with Crippen LogP contribution in [0.4, 0.5) is 10.1 Å². The van der Waals surface area contributed by atoms with E-state index in [1.165, 1.54) is 12.1 Å². The third kappa shape index (κ3) is 6.29. The van der Waals surface area contributed by atoms with Gasteiger partial charge in [-0.05, 0) is 61.4 Å². The van der Waals surface area contributed by atoms with Gasteiger partial charge in [0.05, 0.1) is 12.4 Å². The molecule has 0 saturated carbocycles. The van der Waals surface area contributed by atoms with Gasteiger partial charge in [0.1, 0.15) is 17.3 Å². The van der Waals surface area contributed by atoms with Gasteiger partial charge in [-0.15, -0.1) is 0 Å². The van der Waals surface area contributed by atoms with Crippen LogP contribution < -0.4 is 9.64 Å². The summed E-state index contributed by atoms with van der Waals surface area (Å²) in [5, 5.41) is 0. The zero-order valence-corrected chi connectivity index (χ0v) is 17.7. The molecular formula is C22H27FN2O3S. The van der Waals surface area contributed by atoms with E-state index in [2.05, 4.69) is 11.0 Å². The first kappa shape index (κ1) is 21.3. The van der Waals surface area contributed by atoms with E-state index in [1.54, 1.807) is 17.0 Å². The molecule has 3 rings (SSSR count). The lowest BCUT2D eigenvalue weighted by molar-refractivity contribution is -0.128. The monoisotopic (exact) mass is 418 g/mol. The molecule has 2 aromatic rings. The number of amides is 1. The van der Waals surface area contributed by atoms with E-state index >= 15 is 0 Å². The van der Waals surface area contributed by atoms with Crippen LogP contribution >= 0.6 is 0 Å². The third-order valence-corrected chi connectivity index (χ3v) is 6.07. The lowest BCUT2D eigenvalue weighted by atomic mass is 10.1. The number of rotatable bonds is 7. The Bertz CT molecular complexity index is 845. The quantitative estimate of drug-likeness (QED) is 0.694. The fourth-order valence-corrected chi connectivity index (χ4v) is 4.31. The molecule has 0 unspecified atom stereocenters. The summed E-state index contributed by atoms with van der Waals surface area (Å²) in [7, 11) is -1.26. The maximum Gasteiger partial charge on any atom is 0.235 e. The van der Waals surface area contributed by atoms with E-state index in [9.17, 15) is 13.4 Å². The first-order valence-corrected chi connectivity index (χ1v) is 11.2. The van der Waals surface area contributed by atoms with Gasteiger partial charge in [-0.25, -0.2) is 4.39 Å². The van der Waals surface area contributed by atoms with E-state index in [0.29, 0.717) is 38.5 Å². The highest BCUT2D eigenvalue weighted by Crippen LogP contribution is 2.18. The van der Waals surface area contributed by atoms with Crippen LogP contribution in [-0.2, 0) is 15.6 Å². The minimum absolute atomic E-state index is 0.0206. The van der Waals surface area contributed by atoms with Crippen LogP contribution in [0.3, 0.4) is 0 Å². The molecule has 5 nitrogen and oxygen atoms in total. The topological polar surface area (TPSA) is 49.9 Å². The van der Waals surface area contributed by atoms with Crippen LogP contribution in [0.25, 0.3) is 0 Å². The molecule has 1 atom stereocenters. The molecule has 1 amide bonds. The summed E-state index contributed by atoms with van der Waals surface area (Å²) in [4.78, 5) is 16.3. The van der Waals surface area contributed by atoms with Gasteiger partial charge < -0.3 is 14.5 Å². The fraction of sp³-hybridized carbons (Fsp3) is 0.409. The Hall–Kier alpha value is -2.41. The number of piperazine rings is 1. The summed E-state index contributed by atoms with van der Waals surface area (Å²) in [6.45, 7) is 6.85. The lowest BCUT2D eigenvalue weighted by Gasteiger charge is -2.36. The van der Waals surface area contributed by atoms with Gasteiger partial charge in [0.15, 0.2) is 0 Å². The number of ether oxygens (including phenoxy) is 1. The van der Waals surface area contributed by atoms with Crippen LogP contribution in [-0.4, -0.2) is 59.3 Å². The molecule has 29 heavy (non-hydrogen) atoms. The summed E-state index contributed by atoms with van der Waals surface area (Å²) >= 11 is 0. The lowest BCUT2D eigenvalue weighted by Crippen LogP contribution is -2.50. The Kier molecular flexibility index (Phi) is 7.25. The summed E-state index contributed by atoms with van der Waals surface area (Å²) < 4.78 is 31.0. The van der Waals surface area contributed by atoms with E-state index in [4.69, 9.17) is 4.74 Å². The van der Waals surface area contributed by atoms with Crippen molar-refractivity contribution in [2.45, 2.75) is 13.8 Å². The number of carbonyl (C=O) groups excluding carboxylic acids is 1. The second-order valence-electron chi connectivity index (χ2n) is 7.30. The van der Waals surface area contributed by atoms with Crippen LogP contribution in [0.15, 0.2) is 42.5 Å². The maximum absolute atomic E-state index is 13.1. The van der Waals surface area contributed by atoms with Crippen LogP contribution in [0.5, 0.6) is 5.75 Å². The molecule has 1 aliphatic heterocycles. The Labute approximate surface area is 173 Å². The number of benzene rings is 2. The van der Waals surface area contributed by atoms with Gasteiger partial charge in [-0.2, -0.15) is 0 Å². The minimum Gasteiger partial charge on any atom is -0.493 e. The van der Waals surface area contributed by atoms with Crippen molar-refractivity contribution in [1.82, 2.24) is 4.90 Å². The van der Waals surface area contributed by atoms with Crippen molar-refractivity contribution in [2.24, 2.45) is 0 Å². The second-order valence-corrected chi connectivity index (χ2v) is 8.88. The fourth-order valence-electron chi connectivity index (χ4n) is 3.44. The van der Waals surface area contributed by atoms with Gasteiger partial charge in [0, 0.05) is 42.7 Å². The van der Waals surface area contributed by atoms with Gasteiger partial charge in [0.2, 0.25) is 5.91 Å². The zero-order valence-electron chi connectivity index (χ0n) is 16.9. The van der Waals surface area contributed by atoms with Crippen molar-refractivity contribution in [1.29, 1.82) is 0 Å². The molecule has 1 fully saturated rings. The summed E-state index contributed by atoms with van der Waals surface area (Å²) in [6, 6.07) is 12.3. The van der Waals surface area contributed by atoms with E-state index < -0.39 is 10.8 Å². The molecular weight excluding hydrogens is 391 g/mol. The van der Waals surface area contributed by atoms with Crippen molar-refractivity contribution in [2.75, 3.05) is 49.2 Å². The highest BCUT2D eigenvalue weighted by atomic mass is 32.2. The van der Waals surface area contributed by atoms with Gasteiger partial charge in [-0.1, -0.05) is 6.07 Å². The van der Waals surface area contributed by atoms with Crippen molar-refractivity contribution in [3.8, 4) is 5.75 Å². The molecule has 0 spiro atoms. The van der Waals surface area contributed by atoms with Crippen LogP contribution in [0.2, 0.25) is 0 Å². The Morgan fingerprint density at radius 2 is 1.66 bits per heavy atom. The number of carbonyl (C=O) groups is 1. The molecule has 156 valence electrons. The number of halogens is 1. The highest BCUT2D eigenvalue weighted by molar-refractivity contribution is 7.85. The molecule has 0 radical (unpaired) electrons. The van der Waals surface area contributed by atoms with Crippen molar-refractivity contribution < 1.29 is 18.1 Å². The number of anilines is 1. The zero-order chi connectivity index (χ0) is 20.8. The van der Waals surface area contributed by atoms with Gasteiger partial charge in [-0.3, -0.25) is 9.00 Å². The van der Waals surface area contributed by atoms with E-state index in [1.807, 2.05) is 26.0 Å². The standard InChI is InChI=1S/C22H27FN2O3S/c1-17-13-18(2)15-21(14-17)28-11-12-29(27)16-22(26)25-9-7-24(8-10-25)20-5-3-19(23)4-6-20/h3-6,13-15H,7-12,16H2,1-2H3/t29-/m1/s1. The molecule has 1 aliphatic rings. The largest absolute Gasteiger partial charge is 0.493 e. The van der Waals surface area contributed by atoms with Crippen molar-refractivity contribution >= 4 is 22.4 Å². The number of hydrogen-bond acceptors (Lipinski definition) is 4. The number of aryl methyl sites for hydroxylation is 2. The third-order valence-electron chi connectivity index (χ3n) is 4.88. The second kappa shape index (κ2) is 9.87. The normalized spacial score (nSPS) is 15.3. The Balaban J connectivity index is 1.39. The summed E-state index contributed by atoms with van der Waals surface area (Å²) in [5.74, 6) is 0.767. The molecule has 0 bridgehead atoms. The molecule has 7 heteroatoms. The highest BCUT2D eigenvalue weighted by Gasteiger charge is 2.22. The Morgan fingerprint density at radius 1 is 1.03 bits per heavy atom. The number of hydrogen-bond donors (Lipinski definition) is 0. The minimum atomic E-state index is -1.26.